The van der Waals surface area contributed by atoms with Crippen molar-refractivity contribution in [1.82, 2.24) is 4.57 Å². The lowest BCUT2D eigenvalue weighted by Gasteiger charge is -2.01. The number of nitrogens with zero attached hydrogens (tertiary/aromatic N) is 2. The van der Waals surface area contributed by atoms with Crippen LogP contribution in [-0.2, 0) is 30.7 Å². The Morgan fingerprint density at radius 2 is 1.84 bits per heavy atom. The Morgan fingerprint density at radius 1 is 1.21 bits per heavy atom. The standard InChI is InChI=1S/C14H25N2OS.ClH/c1-6-12-13(7-2)16(9-4)14(15(12)8-3)18-10-11(5)17;/h6-10H2,1-5H3;1H/q+1;/p-1. The van der Waals surface area contributed by atoms with Crippen LogP contribution in [0.4, 0.5) is 0 Å². The van der Waals surface area contributed by atoms with Gasteiger partial charge in [0.25, 0.3) is 0 Å². The maximum absolute atomic E-state index is 11.2. The lowest BCUT2D eigenvalue weighted by Crippen LogP contribution is -3.00. The zero-order valence-corrected chi connectivity index (χ0v) is 14.2. The summed E-state index contributed by atoms with van der Waals surface area (Å²) in [4.78, 5) is 11.2. The Morgan fingerprint density at radius 3 is 2.21 bits per heavy atom. The fourth-order valence-electron chi connectivity index (χ4n) is 2.45. The normalized spacial score (nSPS) is 10.4. The zero-order chi connectivity index (χ0) is 13.7. The second-order valence-corrected chi connectivity index (χ2v) is 5.30. The molecule has 1 rings (SSSR count). The second-order valence-electron chi connectivity index (χ2n) is 4.36. The number of Topliss-reactive ketones (excluding diaryl/α,β-unsaturated/α-hetero) is 1. The summed E-state index contributed by atoms with van der Waals surface area (Å²) >= 11 is 1.67. The molecule has 19 heavy (non-hydrogen) atoms. The summed E-state index contributed by atoms with van der Waals surface area (Å²) in [5.74, 6) is 0.804. The van der Waals surface area contributed by atoms with Crippen LogP contribution in [0.25, 0.3) is 0 Å². The third-order valence-electron chi connectivity index (χ3n) is 3.15. The van der Waals surface area contributed by atoms with E-state index >= 15 is 0 Å². The molecule has 1 heterocycles. The molecule has 0 saturated carbocycles. The number of rotatable bonds is 7. The summed E-state index contributed by atoms with van der Waals surface area (Å²) in [5.41, 5.74) is 2.85. The van der Waals surface area contributed by atoms with Crippen LogP contribution < -0.4 is 17.0 Å². The molecule has 0 aliphatic heterocycles. The summed E-state index contributed by atoms with van der Waals surface area (Å²) < 4.78 is 4.74. The average Bonchev–Trinajstić information content (AvgIpc) is 2.67. The van der Waals surface area contributed by atoms with Gasteiger partial charge in [-0.15, -0.1) is 0 Å². The minimum Gasteiger partial charge on any atom is -1.00 e. The molecule has 0 bridgehead atoms. The maximum Gasteiger partial charge on any atom is 0.318 e. The Bertz CT molecular complexity index is 400. The van der Waals surface area contributed by atoms with Gasteiger partial charge in [-0.05, 0) is 32.5 Å². The third kappa shape index (κ3) is 3.99. The number of carbonyl (C=O) groups is 1. The molecule has 0 aliphatic carbocycles. The second kappa shape index (κ2) is 8.64. The Balaban J connectivity index is 0.00000324. The van der Waals surface area contributed by atoms with Crippen molar-refractivity contribution in [3.8, 4) is 0 Å². The van der Waals surface area contributed by atoms with Crippen LogP contribution in [0.1, 0.15) is 46.0 Å². The summed E-state index contributed by atoms with van der Waals surface area (Å²) in [6.07, 6.45) is 2.11. The Labute approximate surface area is 127 Å². The molecule has 0 atom stereocenters. The van der Waals surface area contributed by atoms with Crippen LogP contribution in [0.5, 0.6) is 0 Å². The molecule has 5 heteroatoms. The highest BCUT2D eigenvalue weighted by Gasteiger charge is 2.27. The van der Waals surface area contributed by atoms with E-state index in [0.717, 1.165) is 25.9 Å². The first-order chi connectivity index (χ1) is 8.60. The van der Waals surface area contributed by atoms with Crippen molar-refractivity contribution in [2.75, 3.05) is 5.75 Å². The molecule has 0 N–H and O–H groups in total. The van der Waals surface area contributed by atoms with E-state index in [4.69, 9.17) is 0 Å². The number of imidazole rings is 1. The van der Waals surface area contributed by atoms with E-state index in [1.165, 1.54) is 16.5 Å². The van der Waals surface area contributed by atoms with E-state index in [1.54, 1.807) is 18.7 Å². The van der Waals surface area contributed by atoms with Gasteiger partial charge < -0.3 is 12.4 Å². The van der Waals surface area contributed by atoms with Crippen molar-refractivity contribution in [3.05, 3.63) is 11.4 Å². The lowest BCUT2D eigenvalue weighted by molar-refractivity contribution is -0.736. The molecule has 0 radical (unpaired) electrons. The molecule has 1 aromatic rings. The molecule has 0 saturated heterocycles. The van der Waals surface area contributed by atoms with Gasteiger partial charge in [0.1, 0.15) is 17.2 Å². The van der Waals surface area contributed by atoms with E-state index < -0.39 is 0 Å². The minimum atomic E-state index is 0. The smallest absolute Gasteiger partial charge is 0.318 e. The summed E-state index contributed by atoms with van der Waals surface area (Å²) in [6, 6.07) is 0. The summed E-state index contributed by atoms with van der Waals surface area (Å²) in [5, 5.41) is 1.24. The molecule has 1 aromatic heterocycles. The fraction of sp³-hybridized carbons (Fsp3) is 0.714. The quantitative estimate of drug-likeness (QED) is 0.507. The highest BCUT2D eigenvalue weighted by Crippen LogP contribution is 2.21. The van der Waals surface area contributed by atoms with Gasteiger partial charge in [0.15, 0.2) is 0 Å². The van der Waals surface area contributed by atoms with Crippen LogP contribution in [0, 0.1) is 0 Å². The van der Waals surface area contributed by atoms with E-state index in [9.17, 15) is 4.79 Å². The monoisotopic (exact) mass is 304 g/mol. The van der Waals surface area contributed by atoms with Gasteiger partial charge in [0, 0.05) is 12.8 Å². The zero-order valence-electron chi connectivity index (χ0n) is 12.6. The van der Waals surface area contributed by atoms with Crippen molar-refractivity contribution in [2.24, 2.45) is 0 Å². The predicted molar refractivity (Wildman–Crippen MR) is 76.1 cm³/mol. The number of hydrogen-bond acceptors (Lipinski definition) is 2. The summed E-state index contributed by atoms with van der Waals surface area (Å²) in [7, 11) is 0. The topological polar surface area (TPSA) is 25.9 Å². The number of thioether (sulfide) groups is 1. The predicted octanol–water partition coefficient (Wildman–Crippen LogP) is -0.375. The van der Waals surface area contributed by atoms with Crippen LogP contribution in [-0.4, -0.2) is 16.1 Å². The first-order valence-electron chi connectivity index (χ1n) is 6.86. The molecule has 3 nitrogen and oxygen atoms in total. The van der Waals surface area contributed by atoms with Crippen molar-refractivity contribution in [1.29, 1.82) is 0 Å². The van der Waals surface area contributed by atoms with E-state index in [-0.39, 0.29) is 18.2 Å². The highest BCUT2D eigenvalue weighted by molar-refractivity contribution is 7.99. The number of ketones is 1. The average molecular weight is 305 g/mol. The van der Waals surface area contributed by atoms with Crippen molar-refractivity contribution in [3.63, 3.8) is 0 Å². The van der Waals surface area contributed by atoms with E-state index in [1.807, 2.05) is 0 Å². The van der Waals surface area contributed by atoms with Crippen molar-refractivity contribution < 1.29 is 21.8 Å². The molecule has 0 amide bonds. The fourth-order valence-corrected chi connectivity index (χ4v) is 3.57. The summed E-state index contributed by atoms with van der Waals surface area (Å²) in [6.45, 7) is 12.4. The van der Waals surface area contributed by atoms with Crippen LogP contribution >= 0.6 is 11.8 Å². The lowest BCUT2D eigenvalue weighted by atomic mass is 10.2. The van der Waals surface area contributed by atoms with E-state index in [0.29, 0.717) is 5.75 Å². The van der Waals surface area contributed by atoms with Crippen LogP contribution in [0.3, 0.4) is 0 Å². The minimum absolute atomic E-state index is 0. The molecule has 0 spiro atoms. The van der Waals surface area contributed by atoms with Crippen LogP contribution in [0.2, 0.25) is 0 Å². The van der Waals surface area contributed by atoms with Gasteiger partial charge in [0.2, 0.25) is 0 Å². The number of aromatic nitrogens is 2. The largest absolute Gasteiger partial charge is 1.00 e. The van der Waals surface area contributed by atoms with E-state index in [2.05, 4.69) is 36.8 Å². The molecule has 0 aliphatic rings. The van der Waals surface area contributed by atoms with Crippen LogP contribution in [0.15, 0.2) is 5.16 Å². The van der Waals surface area contributed by atoms with Gasteiger partial charge >= 0.3 is 5.16 Å². The molecule has 0 fully saturated rings. The SMILES string of the molecule is CCc1c(CC)[n+](CC)c(SCC(C)=O)n1CC.[Cl-]. The van der Waals surface area contributed by atoms with Crippen molar-refractivity contribution >= 4 is 17.5 Å². The number of carbonyl (C=O) groups excluding carboxylic acids is 1. The first-order valence-corrected chi connectivity index (χ1v) is 7.85. The van der Waals surface area contributed by atoms with Gasteiger partial charge in [-0.25, -0.2) is 9.13 Å². The van der Waals surface area contributed by atoms with Gasteiger partial charge in [-0.3, -0.25) is 4.79 Å². The van der Waals surface area contributed by atoms with Crippen molar-refractivity contribution in [2.45, 2.75) is 65.7 Å². The highest BCUT2D eigenvalue weighted by atomic mass is 35.5. The number of halogens is 1. The number of hydrogen-bond donors (Lipinski definition) is 0. The Hall–Kier alpha value is -0.480. The first kappa shape index (κ1) is 18.5. The van der Waals surface area contributed by atoms with Gasteiger partial charge in [-0.2, -0.15) is 0 Å². The van der Waals surface area contributed by atoms with Gasteiger partial charge in [0.05, 0.1) is 18.8 Å². The maximum atomic E-state index is 11.2. The molecule has 0 aromatic carbocycles. The molecule has 0 unspecified atom stereocenters. The molecule has 110 valence electrons. The molecular weight excluding hydrogens is 280 g/mol. The third-order valence-corrected chi connectivity index (χ3v) is 4.40. The Kier molecular flexibility index (Phi) is 8.42. The van der Waals surface area contributed by atoms with Gasteiger partial charge in [-0.1, -0.05) is 13.8 Å². The molecular formula is C14H25ClN2OS.